The van der Waals surface area contributed by atoms with Crippen LogP contribution in [0.5, 0.6) is 0 Å². The molecule has 0 aromatic rings. The topological polar surface area (TPSA) is 114 Å². The van der Waals surface area contributed by atoms with Crippen molar-refractivity contribution in [3.8, 4) is 0 Å². The van der Waals surface area contributed by atoms with Crippen LogP contribution >= 0.6 is 0 Å². The van der Waals surface area contributed by atoms with Gasteiger partial charge in [0.15, 0.2) is 5.54 Å². The molecule has 15 heavy (non-hydrogen) atoms. The lowest BCUT2D eigenvalue weighted by molar-refractivity contribution is -0.144. The Kier molecular flexibility index (Phi) is 3.87. The molecule has 1 atom stereocenters. The summed E-state index contributed by atoms with van der Waals surface area (Å²) in [7, 11) is 0. The molecule has 1 unspecified atom stereocenters. The van der Waals surface area contributed by atoms with E-state index < -0.39 is 17.5 Å². The van der Waals surface area contributed by atoms with Crippen molar-refractivity contribution in [1.29, 1.82) is 0 Å². The highest BCUT2D eigenvalue weighted by Crippen LogP contribution is 2.18. The maximum atomic E-state index is 11.3. The van der Waals surface area contributed by atoms with Crippen LogP contribution in [0.1, 0.15) is 6.42 Å². The zero-order valence-corrected chi connectivity index (χ0v) is 8.28. The van der Waals surface area contributed by atoms with Crippen LogP contribution in [0.25, 0.3) is 0 Å². The Morgan fingerprint density at radius 1 is 1.53 bits per heavy atom. The van der Waals surface area contributed by atoms with Gasteiger partial charge in [0.05, 0.1) is 6.61 Å². The quantitative estimate of drug-likeness (QED) is 0.457. The highest BCUT2D eigenvalue weighted by Gasteiger charge is 2.43. The van der Waals surface area contributed by atoms with Crippen LogP contribution in [-0.2, 0) is 9.53 Å². The zero-order chi connectivity index (χ0) is 11.3. The monoisotopic (exact) mass is 217 g/mol. The lowest BCUT2D eigenvalue weighted by Crippen LogP contribution is -2.58. The molecule has 1 heterocycles. The number of urea groups is 1. The first-order valence-electron chi connectivity index (χ1n) is 4.68. The van der Waals surface area contributed by atoms with Gasteiger partial charge in [0.1, 0.15) is 0 Å². The fourth-order valence-electron chi connectivity index (χ4n) is 1.33. The SMILES string of the molecule is NCCNC(=O)NC1(C(=O)O)CCOC1. The molecule has 0 radical (unpaired) electrons. The smallest absolute Gasteiger partial charge is 0.332 e. The summed E-state index contributed by atoms with van der Waals surface area (Å²) in [6.07, 6.45) is 0.276. The molecule has 1 saturated heterocycles. The molecule has 0 aromatic heterocycles. The van der Waals surface area contributed by atoms with Crippen molar-refractivity contribution in [3.63, 3.8) is 0 Å². The van der Waals surface area contributed by atoms with Crippen molar-refractivity contribution in [2.45, 2.75) is 12.0 Å². The number of carboxylic acid groups (broad SMARTS) is 1. The largest absolute Gasteiger partial charge is 0.479 e. The number of aliphatic carboxylic acids is 1. The second kappa shape index (κ2) is 4.94. The summed E-state index contributed by atoms with van der Waals surface area (Å²) in [4.78, 5) is 22.3. The summed E-state index contributed by atoms with van der Waals surface area (Å²) in [5.74, 6) is -1.08. The van der Waals surface area contributed by atoms with Gasteiger partial charge >= 0.3 is 12.0 Å². The van der Waals surface area contributed by atoms with Gasteiger partial charge in [-0.05, 0) is 0 Å². The fourth-order valence-corrected chi connectivity index (χ4v) is 1.33. The molecule has 5 N–H and O–H groups in total. The van der Waals surface area contributed by atoms with E-state index in [1.54, 1.807) is 0 Å². The number of carboxylic acids is 1. The van der Waals surface area contributed by atoms with Gasteiger partial charge < -0.3 is 26.2 Å². The Labute approximate surface area is 87.0 Å². The summed E-state index contributed by atoms with van der Waals surface area (Å²) >= 11 is 0. The number of ether oxygens (including phenoxy) is 1. The molecule has 7 nitrogen and oxygen atoms in total. The van der Waals surface area contributed by atoms with E-state index in [0.717, 1.165) is 0 Å². The average Bonchev–Trinajstić information content (AvgIpc) is 2.64. The molecule has 1 fully saturated rings. The second-order valence-corrected chi connectivity index (χ2v) is 3.36. The molecule has 1 aliphatic heterocycles. The van der Waals surface area contributed by atoms with Gasteiger partial charge in [-0.1, -0.05) is 0 Å². The van der Waals surface area contributed by atoms with Crippen molar-refractivity contribution < 1.29 is 19.4 Å². The minimum absolute atomic E-state index is 0.00161. The Bertz CT molecular complexity index is 250. The molecular formula is C8H15N3O4. The third-order valence-electron chi connectivity index (χ3n) is 2.21. The van der Waals surface area contributed by atoms with E-state index in [9.17, 15) is 9.59 Å². The maximum Gasteiger partial charge on any atom is 0.332 e. The molecule has 86 valence electrons. The Balaban J connectivity index is 2.52. The molecular weight excluding hydrogens is 202 g/mol. The molecule has 0 aliphatic carbocycles. The number of carbonyl (C=O) groups is 2. The van der Waals surface area contributed by atoms with E-state index in [-0.39, 0.29) is 13.0 Å². The van der Waals surface area contributed by atoms with E-state index in [2.05, 4.69) is 10.6 Å². The second-order valence-electron chi connectivity index (χ2n) is 3.36. The van der Waals surface area contributed by atoms with Crippen molar-refractivity contribution in [2.24, 2.45) is 5.73 Å². The van der Waals surface area contributed by atoms with Crippen LogP contribution in [0.15, 0.2) is 0 Å². The molecule has 0 bridgehead atoms. The summed E-state index contributed by atoms with van der Waals surface area (Å²) in [6, 6.07) is -0.534. The van der Waals surface area contributed by atoms with Gasteiger partial charge in [-0.2, -0.15) is 0 Å². The fraction of sp³-hybridized carbons (Fsp3) is 0.750. The molecule has 0 spiro atoms. The minimum atomic E-state index is -1.29. The van der Waals surface area contributed by atoms with Gasteiger partial charge in [-0.3, -0.25) is 0 Å². The van der Waals surface area contributed by atoms with Crippen LogP contribution in [-0.4, -0.2) is 48.9 Å². The molecule has 1 aliphatic rings. The first-order chi connectivity index (χ1) is 7.10. The first-order valence-corrected chi connectivity index (χ1v) is 4.68. The Morgan fingerprint density at radius 2 is 2.27 bits per heavy atom. The summed E-state index contributed by atoms with van der Waals surface area (Å²) in [5, 5.41) is 13.8. The predicted octanol–water partition coefficient (Wildman–Crippen LogP) is -1.51. The van der Waals surface area contributed by atoms with E-state index in [4.69, 9.17) is 15.6 Å². The Morgan fingerprint density at radius 3 is 2.73 bits per heavy atom. The number of rotatable bonds is 4. The third kappa shape index (κ3) is 2.80. The number of nitrogens with one attached hydrogen (secondary N) is 2. The first kappa shape index (κ1) is 11.7. The van der Waals surface area contributed by atoms with Crippen molar-refractivity contribution >= 4 is 12.0 Å². The van der Waals surface area contributed by atoms with E-state index in [1.807, 2.05) is 0 Å². The van der Waals surface area contributed by atoms with E-state index >= 15 is 0 Å². The summed E-state index contributed by atoms with van der Waals surface area (Å²) in [5.41, 5.74) is 3.90. The van der Waals surface area contributed by atoms with Gasteiger partial charge in [-0.25, -0.2) is 9.59 Å². The van der Waals surface area contributed by atoms with Crippen LogP contribution in [0.4, 0.5) is 4.79 Å². The normalized spacial score (nSPS) is 24.9. The number of hydrogen-bond donors (Lipinski definition) is 4. The maximum absolute atomic E-state index is 11.3. The number of hydrogen-bond acceptors (Lipinski definition) is 4. The van der Waals surface area contributed by atoms with E-state index in [1.165, 1.54) is 0 Å². The van der Waals surface area contributed by atoms with E-state index in [0.29, 0.717) is 19.7 Å². The lowest BCUT2D eigenvalue weighted by Gasteiger charge is -2.23. The van der Waals surface area contributed by atoms with Gasteiger partial charge in [-0.15, -0.1) is 0 Å². The number of nitrogens with two attached hydrogens (primary N) is 1. The van der Waals surface area contributed by atoms with Crippen molar-refractivity contribution in [2.75, 3.05) is 26.3 Å². The van der Waals surface area contributed by atoms with Crippen LogP contribution < -0.4 is 16.4 Å². The summed E-state index contributed by atoms with van der Waals surface area (Å²) < 4.78 is 4.98. The van der Waals surface area contributed by atoms with Gasteiger partial charge in [0.2, 0.25) is 0 Å². The van der Waals surface area contributed by atoms with Crippen LogP contribution in [0, 0.1) is 0 Å². The van der Waals surface area contributed by atoms with Crippen molar-refractivity contribution in [3.05, 3.63) is 0 Å². The summed E-state index contributed by atoms with van der Waals surface area (Å²) in [6.45, 7) is 0.953. The minimum Gasteiger partial charge on any atom is -0.479 e. The molecule has 0 aromatic carbocycles. The number of amides is 2. The average molecular weight is 217 g/mol. The third-order valence-corrected chi connectivity index (χ3v) is 2.21. The highest BCUT2D eigenvalue weighted by atomic mass is 16.5. The highest BCUT2D eigenvalue weighted by molar-refractivity contribution is 5.86. The van der Waals surface area contributed by atoms with Crippen LogP contribution in [0.3, 0.4) is 0 Å². The van der Waals surface area contributed by atoms with Gasteiger partial charge in [0.25, 0.3) is 0 Å². The molecule has 0 saturated carbocycles. The molecule has 7 heteroatoms. The molecule has 2 amide bonds. The standard InChI is InChI=1S/C8H15N3O4/c9-2-3-10-7(14)11-8(6(12)13)1-4-15-5-8/h1-5,9H2,(H,12,13)(H2,10,11,14). The predicted molar refractivity (Wildman–Crippen MR) is 51.4 cm³/mol. The van der Waals surface area contributed by atoms with Crippen molar-refractivity contribution in [1.82, 2.24) is 10.6 Å². The zero-order valence-electron chi connectivity index (χ0n) is 8.28. The van der Waals surface area contributed by atoms with Crippen LogP contribution in [0.2, 0.25) is 0 Å². The number of carbonyl (C=O) groups excluding carboxylic acids is 1. The Hall–Kier alpha value is -1.34. The van der Waals surface area contributed by atoms with Gasteiger partial charge in [0, 0.05) is 26.1 Å². The lowest BCUT2D eigenvalue weighted by atomic mass is 9.99. The molecule has 1 rings (SSSR count).